The van der Waals surface area contributed by atoms with E-state index < -0.39 is 23.7 Å². The molecule has 8 heteroatoms. The highest BCUT2D eigenvalue weighted by Gasteiger charge is 2.17. The second kappa shape index (κ2) is 8.79. The van der Waals surface area contributed by atoms with Crippen LogP contribution in [-0.4, -0.2) is 17.9 Å². The van der Waals surface area contributed by atoms with E-state index in [-0.39, 0.29) is 5.69 Å². The lowest BCUT2D eigenvalue weighted by Gasteiger charge is -2.15. The Bertz CT molecular complexity index is 1050. The first-order valence-corrected chi connectivity index (χ1v) is 9.09. The third kappa shape index (κ3) is 5.14. The molecular weight excluding hydrogens is 399 g/mol. The minimum Gasteiger partial charge on any atom is -0.481 e. The fourth-order valence-corrected chi connectivity index (χ4v) is 2.73. The van der Waals surface area contributed by atoms with Crippen molar-refractivity contribution < 1.29 is 23.1 Å². The molecule has 0 bridgehead atoms. The zero-order valence-electron chi connectivity index (χ0n) is 15.7. The molecule has 0 spiro atoms. The number of aryl methyl sites for hydroxylation is 1. The number of carbonyl (C=O) groups is 2. The summed E-state index contributed by atoms with van der Waals surface area (Å²) in [6.07, 6.45) is 0.545. The lowest BCUT2D eigenvalue weighted by atomic mass is 10.2. The van der Waals surface area contributed by atoms with Gasteiger partial charge in [0.25, 0.3) is 11.8 Å². The minimum atomic E-state index is -0.829. The van der Waals surface area contributed by atoms with Crippen LogP contribution >= 0.6 is 11.6 Å². The molecule has 0 aliphatic rings. The standard InChI is InChI=1S/C21H18ClFN2O4/c1-12-17(8-9-28-12)21(27)25-19-11-15(6-7-18(19)23)24-20(26)13(2)29-16-5-3-4-14(22)10-16/h3-11,13H,1-2H3,(H,24,26)(H,25,27). The van der Waals surface area contributed by atoms with Gasteiger partial charge in [-0.25, -0.2) is 4.39 Å². The predicted molar refractivity (Wildman–Crippen MR) is 108 cm³/mol. The van der Waals surface area contributed by atoms with Gasteiger partial charge in [0.2, 0.25) is 0 Å². The summed E-state index contributed by atoms with van der Waals surface area (Å²) in [6, 6.07) is 12.0. The zero-order valence-corrected chi connectivity index (χ0v) is 16.4. The third-order valence-electron chi connectivity index (χ3n) is 4.06. The number of rotatable bonds is 6. The Labute approximate surface area is 171 Å². The third-order valence-corrected chi connectivity index (χ3v) is 4.30. The van der Waals surface area contributed by atoms with Gasteiger partial charge < -0.3 is 19.8 Å². The van der Waals surface area contributed by atoms with Gasteiger partial charge in [-0.2, -0.15) is 0 Å². The van der Waals surface area contributed by atoms with Crippen LogP contribution in [0.5, 0.6) is 5.75 Å². The number of ether oxygens (including phenoxy) is 1. The summed E-state index contributed by atoms with van der Waals surface area (Å²) in [5.74, 6) is -0.737. The largest absolute Gasteiger partial charge is 0.481 e. The lowest BCUT2D eigenvalue weighted by Crippen LogP contribution is -2.30. The predicted octanol–water partition coefficient (Wildman–Crippen LogP) is 5.04. The van der Waals surface area contributed by atoms with Crippen molar-refractivity contribution in [1.82, 2.24) is 0 Å². The van der Waals surface area contributed by atoms with E-state index in [0.717, 1.165) is 6.07 Å². The van der Waals surface area contributed by atoms with Gasteiger partial charge in [-0.1, -0.05) is 17.7 Å². The normalized spacial score (nSPS) is 11.6. The van der Waals surface area contributed by atoms with Crippen LogP contribution < -0.4 is 15.4 Å². The van der Waals surface area contributed by atoms with Gasteiger partial charge in [0.1, 0.15) is 17.3 Å². The molecule has 0 saturated carbocycles. The summed E-state index contributed by atoms with van der Waals surface area (Å²) in [6.45, 7) is 3.20. The number of amides is 2. The fraction of sp³-hybridized carbons (Fsp3) is 0.143. The van der Waals surface area contributed by atoms with Crippen LogP contribution in [0.25, 0.3) is 0 Å². The first kappa shape index (κ1) is 20.4. The van der Waals surface area contributed by atoms with E-state index in [1.165, 1.54) is 24.5 Å². The molecule has 3 aromatic rings. The molecule has 0 fully saturated rings. The van der Waals surface area contributed by atoms with Crippen molar-refractivity contribution in [3.63, 3.8) is 0 Å². The number of carbonyl (C=O) groups excluding carboxylic acids is 2. The molecule has 29 heavy (non-hydrogen) atoms. The number of halogens is 2. The van der Waals surface area contributed by atoms with Crippen LogP contribution in [-0.2, 0) is 4.79 Å². The molecule has 1 aromatic heterocycles. The summed E-state index contributed by atoms with van der Waals surface area (Å²) in [7, 11) is 0. The Morgan fingerprint density at radius 3 is 2.62 bits per heavy atom. The van der Waals surface area contributed by atoms with Crippen molar-refractivity contribution in [3.05, 3.63) is 77.0 Å². The molecule has 1 heterocycles. The quantitative estimate of drug-likeness (QED) is 0.590. The Hall–Kier alpha value is -3.32. The average Bonchev–Trinajstić information content (AvgIpc) is 3.10. The monoisotopic (exact) mass is 416 g/mol. The Balaban J connectivity index is 1.68. The van der Waals surface area contributed by atoms with E-state index in [1.807, 2.05) is 0 Å². The first-order valence-electron chi connectivity index (χ1n) is 8.71. The molecule has 0 saturated heterocycles. The molecule has 3 rings (SSSR count). The number of hydrogen-bond donors (Lipinski definition) is 2. The van der Waals surface area contributed by atoms with Gasteiger partial charge in [-0.15, -0.1) is 0 Å². The molecule has 6 nitrogen and oxygen atoms in total. The van der Waals surface area contributed by atoms with Gasteiger partial charge in [-0.05, 0) is 56.3 Å². The smallest absolute Gasteiger partial charge is 0.265 e. The molecular formula is C21H18ClFN2O4. The van der Waals surface area contributed by atoms with Gasteiger partial charge >= 0.3 is 0 Å². The highest BCUT2D eigenvalue weighted by Crippen LogP contribution is 2.22. The van der Waals surface area contributed by atoms with Gasteiger partial charge in [-0.3, -0.25) is 9.59 Å². The van der Waals surface area contributed by atoms with Gasteiger partial charge in [0, 0.05) is 10.7 Å². The van der Waals surface area contributed by atoms with Crippen LogP contribution in [0, 0.1) is 12.7 Å². The molecule has 0 aliphatic heterocycles. The summed E-state index contributed by atoms with van der Waals surface area (Å²) in [5, 5.41) is 5.59. The van der Waals surface area contributed by atoms with Crippen LogP contribution in [0.1, 0.15) is 23.0 Å². The summed E-state index contributed by atoms with van der Waals surface area (Å²) in [5.41, 5.74) is 0.524. The van der Waals surface area contributed by atoms with Crippen molar-refractivity contribution in [2.75, 3.05) is 10.6 Å². The van der Waals surface area contributed by atoms with Crippen molar-refractivity contribution >= 4 is 34.8 Å². The van der Waals surface area contributed by atoms with E-state index in [4.69, 9.17) is 20.8 Å². The van der Waals surface area contributed by atoms with Crippen LogP contribution in [0.15, 0.2) is 59.2 Å². The zero-order chi connectivity index (χ0) is 21.0. The molecule has 0 radical (unpaired) electrons. The van der Waals surface area contributed by atoms with E-state index in [2.05, 4.69) is 10.6 Å². The molecule has 2 aromatic carbocycles. The summed E-state index contributed by atoms with van der Waals surface area (Å²) < 4.78 is 24.7. The maximum absolute atomic E-state index is 14.1. The van der Waals surface area contributed by atoms with Crippen molar-refractivity contribution in [1.29, 1.82) is 0 Å². The van der Waals surface area contributed by atoms with Crippen molar-refractivity contribution in [2.24, 2.45) is 0 Å². The number of anilines is 2. The Kier molecular flexibility index (Phi) is 6.19. The number of furan rings is 1. The average molecular weight is 417 g/mol. The Morgan fingerprint density at radius 2 is 1.93 bits per heavy atom. The molecule has 1 atom stereocenters. The number of nitrogens with one attached hydrogen (secondary N) is 2. The van der Waals surface area contributed by atoms with Crippen molar-refractivity contribution in [2.45, 2.75) is 20.0 Å². The molecule has 1 unspecified atom stereocenters. The molecule has 0 aliphatic carbocycles. The maximum atomic E-state index is 14.1. The number of benzene rings is 2. The first-order chi connectivity index (χ1) is 13.8. The van der Waals surface area contributed by atoms with E-state index in [0.29, 0.717) is 27.8 Å². The van der Waals surface area contributed by atoms with E-state index >= 15 is 0 Å². The second-order valence-electron chi connectivity index (χ2n) is 6.25. The van der Waals surface area contributed by atoms with Crippen LogP contribution in [0.3, 0.4) is 0 Å². The summed E-state index contributed by atoms with van der Waals surface area (Å²) in [4.78, 5) is 24.7. The van der Waals surface area contributed by atoms with Crippen molar-refractivity contribution in [3.8, 4) is 5.75 Å². The molecule has 2 amide bonds. The van der Waals surface area contributed by atoms with E-state index in [9.17, 15) is 14.0 Å². The Morgan fingerprint density at radius 1 is 1.14 bits per heavy atom. The van der Waals surface area contributed by atoms with Gasteiger partial charge in [0.05, 0.1) is 17.5 Å². The highest BCUT2D eigenvalue weighted by atomic mass is 35.5. The van der Waals surface area contributed by atoms with Gasteiger partial charge in [0.15, 0.2) is 6.10 Å². The molecule has 150 valence electrons. The SMILES string of the molecule is Cc1occc1C(=O)Nc1cc(NC(=O)C(C)Oc2cccc(Cl)c2)ccc1F. The minimum absolute atomic E-state index is 0.0724. The summed E-state index contributed by atoms with van der Waals surface area (Å²) >= 11 is 5.90. The van der Waals surface area contributed by atoms with Crippen LogP contribution in [0.4, 0.5) is 15.8 Å². The molecule has 2 N–H and O–H groups in total. The van der Waals surface area contributed by atoms with E-state index in [1.54, 1.807) is 38.1 Å². The highest BCUT2D eigenvalue weighted by molar-refractivity contribution is 6.30. The second-order valence-corrected chi connectivity index (χ2v) is 6.68. The topological polar surface area (TPSA) is 80.6 Å². The fourth-order valence-electron chi connectivity index (χ4n) is 2.55. The lowest BCUT2D eigenvalue weighted by molar-refractivity contribution is -0.122. The number of hydrogen-bond acceptors (Lipinski definition) is 4. The van der Waals surface area contributed by atoms with Crippen LogP contribution in [0.2, 0.25) is 5.02 Å². The maximum Gasteiger partial charge on any atom is 0.265 e.